The molecule has 0 saturated carbocycles. The Hall–Kier alpha value is -0.180. The Morgan fingerprint density at radius 1 is 1.88 bits per heavy atom. The van der Waals surface area contributed by atoms with Crippen LogP contribution in [0, 0.1) is 6.42 Å². The summed E-state index contributed by atoms with van der Waals surface area (Å²) < 4.78 is 0. The minimum Gasteiger partial charge on any atom is -0.481 e. The van der Waals surface area contributed by atoms with Gasteiger partial charge in [0.1, 0.15) is 0 Å². The van der Waals surface area contributed by atoms with E-state index in [-0.39, 0.29) is 0 Å². The summed E-state index contributed by atoms with van der Waals surface area (Å²) in [5.74, 6) is 0.0748. The van der Waals surface area contributed by atoms with E-state index < -0.39 is 5.97 Å². The first-order chi connectivity index (χ1) is 3.77. The minimum absolute atomic E-state index is 0.663. The Balaban J connectivity index is 2.82. The van der Waals surface area contributed by atoms with Gasteiger partial charge in [0.05, 0.1) is 6.42 Å². The van der Waals surface area contributed by atoms with E-state index in [1.807, 2.05) is 6.26 Å². The predicted octanol–water partition coefficient (Wildman–Crippen LogP) is 1.03. The normalized spacial score (nSPS) is 9.12. The lowest BCUT2D eigenvalue weighted by atomic mass is 10.3. The van der Waals surface area contributed by atoms with Crippen LogP contribution in [0.1, 0.15) is 6.42 Å². The zero-order chi connectivity index (χ0) is 6.41. The first-order valence-corrected chi connectivity index (χ1v) is 3.72. The molecule has 0 atom stereocenters. The van der Waals surface area contributed by atoms with Gasteiger partial charge in [-0.1, -0.05) is 0 Å². The smallest absolute Gasteiger partial charge is 0.307 e. The highest BCUT2D eigenvalue weighted by atomic mass is 32.2. The summed E-state index contributed by atoms with van der Waals surface area (Å²) in [6, 6.07) is 0. The summed E-state index contributed by atoms with van der Waals surface area (Å²) in [6.45, 7) is 0. The SMILES string of the molecule is CSCC[CH]C(=O)O. The van der Waals surface area contributed by atoms with E-state index in [0.29, 0.717) is 6.42 Å². The lowest BCUT2D eigenvalue weighted by Crippen LogP contribution is -1.95. The molecule has 0 saturated heterocycles. The molecule has 0 fully saturated rings. The highest BCUT2D eigenvalue weighted by Crippen LogP contribution is 1.96. The lowest BCUT2D eigenvalue weighted by molar-refractivity contribution is -0.133. The predicted molar refractivity (Wildman–Crippen MR) is 34.9 cm³/mol. The van der Waals surface area contributed by atoms with Crippen molar-refractivity contribution in [3.63, 3.8) is 0 Å². The van der Waals surface area contributed by atoms with Crippen molar-refractivity contribution >= 4 is 17.7 Å². The number of carbonyl (C=O) groups is 1. The van der Waals surface area contributed by atoms with Gasteiger partial charge in [-0.3, -0.25) is 4.79 Å². The third kappa shape index (κ3) is 5.82. The Labute approximate surface area is 53.3 Å². The van der Waals surface area contributed by atoms with Gasteiger partial charge in [0.15, 0.2) is 0 Å². The Morgan fingerprint density at radius 3 is 2.88 bits per heavy atom. The molecule has 0 aromatic heterocycles. The van der Waals surface area contributed by atoms with Crippen molar-refractivity contribution in [3.05, 3.63) is 6.42 Å². The Morgan fingerprint density at radius 2 is 2.50 bits per heavy atom. The van der Waals surface area contributed by atoms with Crippen molar-refractivity contribution < 1.29 is 9.90 Å². The summed E-state index contributed by atoms with van der Waals surface area (Å²) in [7, 11) is 0. The molecule has 47 valence electrons. The topological polar surface area (TPSA) is 37.3 Å². The van der Waals surface area contributed by atoms with Gasteiger partial charge in [-0.05, 0) is 18.4 Å². The fraction of sp³-hybridized carbons (Fsp3) is 0.600. The first kappa shape index (κ1) is 7.82. The molecule has 0 bridgehead atoms. The molecule has 1 N–H and O–H groups in total. The summed E-state index contributed by atoms with van der Waals surface area (Å²) in [4.78, 5) is 9.81. The molecule has 0 unspecified atom stereocenters. The van der Waals surface area contributed by atoms with Gasteiger partial charge in [-0.2, -0.15) is 11.8 Å². The molecule has 3 heteroatoms. The van der Waals surface area contributed by atoms with Gasteiger partial charge in [0.2, 0.25) is 0 Å². The van der Waals surface area contributed by atoms with Crippen LogP contribution < -0.4 is 0 Å². The number of thioether (sulfide) groups is 1. The van der Waals surface area contributed by atoms with Gasteiger partial charge in [0.25, 0.3) is 0 Å². The van der Waals surface area contributed by atoms with E-state index in [1.165, 1.54) is 6.42 Å². The van der Waals surface area contributed by atoms with Crippen molar-refractivity contribution in [2.75, 3.05) is 12.0 Å². The van der Waals surface area contributed by atoms with Crippen LogP contribution in [-0.2, 0) is 4.79 Å². The molecular weight excluding hydrogens is 124 g/mol. The molecule has 0 aliphatic carbocycles. The van der Waals surface area contributed by atoms with E-state index in [2.05, 4.69) is 0 Å². The zero-order valence-corrected chi connectivity index (χ0v) is 5.57. The highest BCUT2D eigenvalue weighted by molar-refractivity contribution is 7.98. The molecule has 8 heavy (non-hydrogen) atoms. The summed E-state index contributed by atoms with van der Waals surface area (Å²) >= 11 is 1.65. The van der Waals surface area contributed by atoms with Crippen LogP contribution in [0.5, 0.6) is 0 Å². The fourth-order valence-electron chi connectivity index (χ4n) is 0.300. The molecule has 1 radical (unpaired) electrons. The maximum Gasteiger partial charge on any atom is 0.307 e. The van der Waals surface area contributed by atoms with Gasteiger partial charge in [-0.25, -0.2) is 0 Å². The minimum atomic E-state index is -0.820. The van der Waals surface area contributed by atoms with E-state index in [0.717, 1.165) is 5.75 Å². The highest BCUT2D eigenvalue weighted by Gasteiger charge is 1.93. The Bertz CT molecular complexity index is 72.8. The quantitative estimate of drug-likeness (QED) is 0.582. The van der Waals surface area contributed by atoms with Gasteiger partial charge >= 0.3 is 5.97 Å². The molecule has 0 aromatic rings. The largest absolute Gasteiger partial charge is 0.481 e. The molecule has 0 aliphatic heterocycles. The Kier molecular flexibility index (Phi) is 4.85. The van der Waals surface area contributed by atoms with E-state index in [4.69, 9.17) is 5.11 Å². The van der Waals surface area contributed by atoms with Crippen molar-refractivity contribution in [3.8, 4) is 0 Å². The standard InChI is InChI=1S/C5H9O2S/c1-8-4-2-3-5(6)7/h3H,2,4H2,1H3,(H,6,7). The number of hydrogen-bond donors (Lipinski definition) is 1. The first-order valence-electron chi connectivity index (χ1n) is 2.32. The molecule has 0 rings (SSSR count). The van der Waals surface area contributed by atoms with Crippen molar-refractivity contribution in [2.45, 2.75) is 6.42 Å². The van der Waals surface area contributed by atoms with Crippen LogP contribution in [0.25, 0.3) is 0 Å². The average molecular weight is 133 g/mol. The van der Waals surface area contributed by atoms with E-state index in [1.54, 1.807) is 11.8 Å². The van der Waals surface area contributed by atoms with Crippen LogP contribution in [0.4, 0.5) is 0 Å². The monoisotopic (exact) mass is 133 g/mol. The maximum atomic E-state index is 9.81. The molecule has 2 nitrogen and oxygen atoms in total. The lowest BCUT2D eigenvalue weighted by Gasteiger charge is -1.89. The third-order valence-electron chi connectivity index (χ3n) is 0.641. The summed E-state index contributed by atoms with van der Waals surface area (Å²) in [6.07, 6.45) is 3.89. The molecule has 0 spiro atoms. The molecule has 0 heterocycles. The number of hydrogen-bond acceptors (Lipinski definition) is 2. The second-order valence-corrected chi connectivity index (χ2v) is 2.31. The number of aliphatic carboxylic acids is 1. The maximum absolute atomic E-state index is 9.81. The number of carboxylic acid groups (broad SMARTS) is 1. The van der Waals surface area contributed by atoms with Crippen molar-refractivity contribution in [1.29, 1.82) is 0 Å². The number of rotatable bonds is 4. The third-order valence-corrected chi connectivity index (χ3v) is 1.28. The summed E-state index contributed by atoms with van der Waals surface area (Å²) in [5.41, 5.74) is 0. The molecule has 0 aliphatic rings. The zero-order valence-electron chi connectivity index (χ0n) is 4.76. The van der Waals surface area contributed by atoms with Crippen LogP contribution in [0.15, 0.2) is 0 Å². The van der Waals surface area contributed by atoms with Gasteiger partial charge in [-0.15, -0.1) is 0 Å². The van der Waals surface area contributed by atoms with Gasteiger partial charge in [0, 0.05) is 0 Å². The van der Waals surface area contributed by atoms with Crippen LogP contribution in [0.3, 0.4) is 0 Å². The summed E-state index contributed by atoms with van der Waals surface area (Å²) in [5, 5.41) is 8.08. The second-order valence-electron chi connectivity index (χ2n) is 1.32. The fourth-order valence-corrected chi connectivity index (χ4v) is 0.654. The van der Waals surface area contributed by atoms with E-state index >= 15 is 0 Å². The van der Waals surface area contributed by atoms with Crippen molar-refractivity contribution in [1.82, 2.24) is 0 Å². The molecule has 0 aromatic carbocycles. The molecular formula is C5H9O2S. The van der Waals surface area contributed by atoms with Gasteiger partial charge < -0.3 is 5.11 Å². The van der Waals surface area contributed by atoms with Crippen LogP contribution in [0.2, 0.25) is 0 Å². The molecule has 0 amide bonds. The van der Waals surface area contributed by atoms with E-state index in [9.17, 15) is 4.79 Å². The average Bonchev–Trinajstić information content (AvgIpc) is 1.66. The number of carboxylic acids is 1. The van der Waals surface area contributed by atoms with Crippen LogP contribution >= 0.6 is 11.8 Å². The van der Waals surface area contributed by atoms with Crippen LogP contribution in [-0.4, -0.2) is 23.1 Å². The van der Waals surface area contributed by atoms with Crippen molar-refractivity contribution in [2.24, 2.45) is 0 Å². The second kappa shape index (κ2) is 4.97.